The summed E-state index contributed by atoms with van der Waals surface area (Å²) in [5.74, 6) is -3.65. The molecular weight excluding hydrogens is 318 g/mol. The summed E-state index contributed by atoms with van der Waals surface area (Å²) in [5, 5.41) is 0. The van der Waals surface area contributed by atoms with E-state index in [9.17, 15) is 17.6 Å². The highest BCUT2D eigenvalue weighted by Crippen LogP contribution is 2.38. The quantitative estimate of drug-likeness (QED) is 0.495. The van der Waals surface area contributed by atoms with E-state index >= 15 is 0 Å². The maximum Gasteiger partial charge on any atom is 0.251 e. The fourth-order valence-electron chi connectivity index (χ4n) is 3.54. The highest BCUT2D eigenvalue weighted by Gasteiger charge is 2.23. The Balaban J connectivity index is 1.87. The van der Waals surface area contributed by atoms with Gasteiger partial charge in [-0.3, -0.25) is 0 Å². The first kappa shape index (κ1) is 16.9. The highest BCUT2D eigenvalue weighted by atomic mass is 19.2. The summed E-state index contributed by atoms with van der Waals surface area (Å²) >= 11 is 0. The molecule has 5 heteroatoms. The van der Waals surface area contributed by atoms with Gasteiger partial charge in [0.1, 0.15) is 5.82 Å². The highest BCUT2D eigenvalue weighted by molar-refractivity contribution is 5.64. The molecule has 2 aromatic rings. The minimum Gasteiger partial charge on any atom is -0.206 e. The normalized spacial score (nSPS) is 21.0. The van der Waals surface area contributed by atoms with Crippen molar-refractivity contribution in [3.05, 3.63) is 53.4 Å². The molecule has 0 N–H and O–H groups in total. The number of benzene rings is 1. The summed E-state index contributed by atoms with van der Waals surface area (Å²) in [6.07, 6.45) is 5.46. The third-order valence-electron chi connectivity index (χ3n) is 5.07. The second-order valence-corrected chi connectivity index (χ2v) is 6.46. The molecule has 0 spiro atoms. The average Bonchev–Trinajstić information content (AvgIpc) is 2.58. The first-order chi connectivity index (χ1) is 11.5. The predicted octanol–water partition coefficient (Wildman–Crippen LogP) is 5.99. The lowest BCUT2D eigenvalue weighted by Crippen LogP contribution is -2.12. The minimum atomic E-state index is -1.53. The molecular formula is C19H19F4N. The van der Waals surface area contributed by atoms with Crippen LogP contribution in [0.5, 0.6) is 0 Å². The number of hydrogen-bond acceptors (Lipinski definition) is 1. The lowest BCUT2D eigenvalue weighted by atomic mass is 9.77. The van der Waals surface area contributed by atoms with Crippen molar-refractivity contribution >= 4 is 0 Å². The molecule has 0 bridgehead atoms. The van der Waals surface area contributed by atoms with Crippen LogP contribution >= 0.6 is 0 Å². The van der Waals surface area contributed by atoms with Gasteiger partial charge in [0.15, 0.2) is 5.82 Å². The first-order valence-corrected chi connectivity index (χ1v) is 8.31. The molecule has 1 nitrogen and oxygen atoms in total. The second-order valence-electron chi connectivity index (χ2n) is 6.46. The van der Waals surface area contributed by atoms with E-state index in [1.54, 1.807) is 6.07 Å². The van der Waals surface area contributed by atoms with Gasteiger partial charge in [-0.15, -0.1) is 0 Å². The molecule has 0 unspecified atom stereocenters. The minimum absolute atomic E-state index is 0.107. The van der Waals surface area contributed by atoms with Gasteiger partial charge in [-0.1, -0.05) is 25.5 Å². The van der Waals surface area contributed by atoms with E-state index in [0.29, 0.717) is 12.0 Å². The van der Waals surface area contributed by atoms with Crippen molar-refractivity contribution < 1.29 is 17.6 Å². The zero-order valence-corrected chi connectivity index (χ0v) is 13.5. The topological polar surface area (TPSA) is 12.9 Å². The van der Waals surface area contributed by atoms with Crippen LogP contribution < -0.4 is 0 Å². The fraction of sp³-hybridized carbons (Fsp3) is 0.421. The van der Waals surface area contributed by atoms with Crippen molar-refractivity contribution in [2.45, 2.75) is 44.9 Å². The van der Waals surface area contributed by atoms with Gasteiger partial charge < -0.3 is 0 Å². The number of aromatic nitrogens is 1. The summed E-state index contributed by atoms with van der Waals surface area (Å²) in [5.41, 5.74) is 0.402. The zero-order valence-electron chi connectivity index (χ0n) is 13.5. The molecule has 0 radical (unpaired) electrons. The third kappa shape index (κ3) is 3.30. The fourth-order valence-corrected chi connectivity index (χ4v) is 3.54. The van der Waals surface area contributed by atoms with Gasteiger partial charge in [0.05, 0.1) is 0 Å². The Morgan fingerprint density at radius 2 is 1.58 bits per heavy atom. The SMILES string of the molecule is CC[C@H]1CC[C@H](c2ccc(-c3cc(F)c(F)nc3F)c(F)c2)CC1. The van der Waals surface area contributed by atoms with E-state index < -0.39 is 23.5 Å². The Hall–Kier alpha value is -1.91. The van der Waals surface area contributed by atoms with E-state index in [1.807, 2.05) is 0 Å². The van der Waals surface area contributed by atoms with Gasteiger partial charge in [-0.05, 0) is 55.2 Å². The van der Waals surface area contributed by atoms with E-state index in [2.05, 4.69) is 11.9 Å². The number of pyridine rings is 1. The Morgan fingerprint density at radius 3 is 2.21 bits per heavy atom. The van der Waals surface area contributed by atoms with Crippen LogP contribution in [-0.2, 0) is 0 Å². The molecule has 0 amide bonds. The van der Waals surface area contributed by atoms with Crippen LogP contribution in [0.3, 0.4) is 0 Å². The Morgan fingerprint density at radius 1 is 0.875 bits per heavy atom. The molecule has 1 saturated carbocycles. The van der Waals surface area contributed by atoms with Gasteiger partial charge in [-0.25, -0.2) is 8.78 Å². The van der Waals surface area contributed by atoms with E-state index in [-0.39, 0.29) is 11.1 Å². The van der Waals surface area contributed by atoms with Gasteiger partial charge in [0, 0.05) is 11.1 Å². The van der Waals surface area contributed by atoms with E-state index in [0.717, 1.165) is 37.2 Å². The largest absolute Gasteiger partial charge is 0.251 e. The van der Waals surface area contributed by atoms with Crippen LogP contribution in [0.25, 0.3) is 11.1 Å². The van der Waals surface area contributed by atoms with Gasteiger partial charge in [0.25, 0.3) is 5.95 Å². The Kier molecular flexibility index (Phi) is 4.88. The van der Waals surface area contributed by atoms with E-state index in [1.165, 1.54) is 18.6 Å². The standard InChI is InChI=1S/C19H19F4N/c1-2-11-3-5-12(6-4-11)13-7-8-14(16(20)9-13)15-10-17(21)19(23)24-18(15)22/h7-12H,2-6H2,1H3/t11-,12-. The summed E-state index contributed by atoms with van der Waals surface area (Å²) in [7, 11) is 0. The number of nitrogens with zero attached hydrogens (tertiary/aromatic N) is 1. The molecule has 1 aliphatic carbocycles. The summed E-state index contributed by atoms with van der Waals surface area (Å²) in [4.78, 5) is 2.85. The molecule has 128 valence electrons. The van der Waals surface area contributed by atoms with Gasteiger partial charge in [0.2, 0.25) is 5.95 Å². The zero-order chi connectivity index (χ0) is 17.3. The Bertz CT molecular complexity index is 736. The smallest absolute Gasteiger partial charge is 0.206 e. The molecule has 3 rings (SSSR count). The maximum atomic E-state index is 14.4. The third-order valence-corrected chi connectivity index (χ3v) is 5.07. The molecule has 0 aliphatic heterocycles. The van der Waals surface area contributed by atoms with Crippen molar-refractivity contribution in [2.75, 3.05) is 0 Å². The molecule has 1 fully saturated rings. The lowest BCUT2D eigenvalue weighted by Gasteiger charge is -2.28. The monoisotopic (exact) mass is 337 g/mol. The second kappa shape index (κ2) is 6.91. The van der Waals surface area contributed by atoms with Crippen molar-refractivity contribution in [1.29, 1.82) is 0 Å². The molecule has 1 aromatic carbocycles. The molecule has 0 saturated heterocycles. The van der Waals surface area contributed by atoms with Gasteiger partial charge in [-0.2, -0.15) is 13.8 Å². The van der Waals surface area contributed by atoms with Crippen molar-refractivity contribution in [3.8, 4) is 11.1 Å². The van der Waals surface area contributed by atoms with Crippen molar-refractivity contribution in [3.63, 3.8) is 0 Å². The number of hydrogen-bond donors (Lipinski definition) is 0. The first-order valence-electron chi connectivity index (χ1n) is 8.31. The average molecular weight is 337 g/mol. The molecule has 1 aliphatic rings. The molecule has 1 heterocycles. The van der Waals surface area contributed by atoms with E-state index in [4.69, 9.17) is 0 Å². The lowest BCUT2D eigenvalue weighted by molar-refractivity contribution is 0.318. The Labute approximate surface area is 138 Å². The number of halogens is 4. The van der Waals surface area contributed by atoms with Crippen LogP contribution in [0, 0.1) is 29.4 Å². The maximum absolute atomic E-state index is 14.4. The molecule has 0 atom stereocenters. The van der Waals surface area contributed by atoms with Crippen LogP contribution in [0.2, 0.25) is 0 Å². The predicted molar refractivity (Wildman–Crippen MR) is 84.5 cm³/mol. The van der Waals surface area contributed by atoms with Crippen LogP contribution in [-0.4, -0.2) is 4.98 Å². The molecule has 24 heavy (non-hydrogen) atoms. The van der Waals surface area contributed by atoms with Crippen molar-refractivity contribution in [2.24, 2.45) is 5.92 Å². The van der Waals surface area contributed by atoms with Crippen molar-refractivity contribution in [1.82, 2.24) is 4.98 Å². The molecule has 1 aromatic heterocycles. The van der Waals surface area contributed by atoms with Crippen LogP contribution in [0.15, 0.2) is 24.3 Å². The summed E-state index contributed by atoms with van der Waals surface area (Å²) in [6.45, 7) is 2.18. The summed E-state index contributed by atoms with van der Waals surface area (Å²) < 4.78 is 54.4. The van der Waals surface area contributed by atoms with Gasteiger partial charge >= 0.3 is 0 Å². The van der Waals surface area contributed by atoms with Crippen LogP contribution in [0.1, 0.15) is 50.5 Å². The van der Waals surface area contributed by atoms with Crippen LogP contribution in [0.4, 0.5) is 17.6 Å². The summed E-state index contributed by atoms with van der Waals surface area (Å²) in [6, 6.07) is 5.19. The number of rotatable bonds is 3.